The SMILES string of the molecule is CCOc1cc(/C=C2\C(=O)NC(=O)N(c3ccc(OCc4ccccc4Cl)cc3)C2=O)cc(Br)c1OCc1ccc(Cl)c(Cl)c1. The Morgan fingerprint density at radius 3 is 2.29 bits per heavy atom. The number of rotatable bonds is 10. The van der Waals surface area contributed by atoms with Gasteiger partial charge in [-0.2, -0.15) is 0 Å². The van der Waals surface area contributed by atoms with Crippen molar-refractivity contribution in [1.29, 1.82) is 0 Å². The number of halogens is 4. The van der Waals surface area contributed by atoms with Crippen LogP contribution in [-0.4, -0.2) is 24.5 Å². The molecule has 0 saturated carbocycles. The lowest BCUT2D eigenvalue weighted by Crippen LogP contribution is -2.54. The van der Waals surface area contributed by atoms with Gasteiger partial charge in [0.1, 0.15) is 24.5 Å². The Morgan fingerprint density at radius 1 is 0.822 bits per heavy atom. The molecule has 0 atom stereocenters. The third kappa shape index (κ3) is 7.62. The molecule has 45 heavy (non-hydrogen) atoms. The molecular formula is C33H24BrCl3N2O6. The van der Waals surface area contributed by atoms with E-state index < -0.39 is 17.8 Å². The van der Waals surface area contributed by atoms with Crippen molar-refractivity contribution in [2.24, 2.45) is 0 Å². The zero-order valence-corrected chi connectivity index (χ0v) is 27.5. The molecule has 0 radical (unpaired) electrons. The molecule has 12 heteroatoms. The quantitative estimate of drug-likeness (QED) is 0.130. The summed E-state index contributed by atoms with van der Waals surface area (Å²) in [5, 5.41) is 3.66. The lowest BCUT2D eigenvalue weighted by atomic mass is 10.1. The number of amides is 4. The minimum absolute atomic E-state index is 0.178. The first-order valence-electron chi connectivity index (χ1n) is 13.6. The molecule has 1 N–H and O–H groups in total. The summed E-state index contributed by atoms with van der Waals surface area (Å²) < 4.78 is 18.1. The van der Waals surface area contributed by atoms with Crippen LogP contribution < -0.4 is 24.4 Å². The van der Waals surface area contributed by atoms with Crippen LogP contribution >= 0.6 is 50.7 Å². The van der Waals surface area contributed by atoms with E-state index in [1.54, 1.807) is 60.7 Å². The highest BCUT2D eigenvalue weighted by molar-refractivity contribution is 9.10. The van der Waals surface area contributed by atoms with Gasteiger partial charge in [-0.25, -0.2) is 9.69 Å². The number of nitrogens with one attached hydrogen (secondary N) is 1. The van der Waals surface area contributed by atoms with E-state index in [0.717, 1.165) is 16.0 Å². The Kier molecular flexibility index (Phi) is 10.4. The number of barbiturate groups is 1. The van der Waals surface area contributed by atoms with Gasteiger partial charge in [-0.3, -0.25) is 14.9 Å². The van der Waals surface area contributed by atoms with E-state index in [4.69, 9.17) is 49.0 Å². The minimum atomic E-state index is -0.867. The highest BCUT2D eigenvalue weighted by atomic mass is 79.9. The fourth-order valence-electron chi connectivity index (χ4n) is 4.39. The van der Waals surface area contributed by atoms with Crippen LogP contribution in [0.1, 0.15) is 23.6 Å². The van der Waals surface area contributed by atoms with Gasteiger partial charge in [-0.1, -0.05) is 59.1 Å². The Morgan fingerprint density at radius 2 is 1.58 bits per heavy atom. The Bertz CT molecular complexity index is 1810. The maximum Gasteiger partial charge on any atom is 0.335 e. The predicted molar refractivity (Wildman–Crippen MR) is 177 cm³/mol. The van der Waals surface area contributed by atoms with Crippen LogP contribution in [0.3, 0.4) is 0 Å². The van der Waals surface area contributed by atoms with E-state index in [9.17, 15) is 14.4 Å². The first-order valence-corrected chi connectivity index (χ1v) is 15.5. The van der Waals surface area contributed by atoms with Gasteiger partial charge in [0.05, 0.1) is 26.8 Å². The Labute approximate surface area is 282 Å². The van der Waals surface area contributed by atoms with Gasteiger partial charge in [0.15, 0.2) is 11.5 Å². The Hall–Kier alpha value is -4.02. The van der Waals surface area contributed by atoms with Crippen molar-refractivity contribution in [3.63, 3.8) is 0 Å². The van der Waals surface area contributed by atoms with Crippen molar-refractivity contribution < 1.29 is 28.6 Å². The molecule has 1 aliphatic rings. The first kappa shape index (κ1) is 32.4. The molecule has 0 unspecified atom stereocenters. The largest absolute Gasteiger partial charge is 0.490 e. The minimum Gasteiger partial charge on any atom is -0.490 e. The third-order valence-corrected chi connectivity index (χ3v) is 8.26. The average molecular weight is 731 g/mol. The van der Waals surface area contributed by atoms with Gasteiger partial charge in [0.25, 0.3) is 11.8 Å². The van der Waals surface area contributed by atoms with Gasteiger partial charge in [-0.15, -0.1) is 0 Å². The highest BCUT2D eigenvalue weighted by Gasteiger charge is 2.37. The fraction of sp³-hybridized carbons (Fsp3) is 0.121. The van der Waals surface area contributed by atoms with Crippen LogP contribution in [0.5, 0.6) is 17.2 Å². The molecule has 5 rings (SSSR count). The van der Waals surface area contributed by atoms with Crippen molar-refractivity contribution in [2.75, 3.05) is 11.5 Å². The zero-order valence-electron chi connectivity index (χ0n) is 23.6. The molecule has 8 nitrogen and oxygen atoms in total. The molecule has 0 spiro atoms. The molecule has 1 saturated heterocycles. The van der Waals surface area contributed by atoms with Crippen molar-refractivity contribution in [1.82, 2.24) is 5.32 Å². The number of imide groups is 2. The molecule has 0 aromatic heterocycles. The van der Waals surface area contributed by atoms with Crippen LogP contribution in [0.4, 0.5) is 10.5 Å². The lowest BCUT2D eigenvalue weighted by molar-refractivity contribution is -0.122. The van der Waals surface area contributed by atoms with E-state index in [-0.39, 0.29) is 24.5 Å². The van der Waals surface area contributed by atoms with Gasteiger partial charge < -0.3 is 14.2 Å². The van der Waals surface area contributed by atoms with Crippen LogP contribution in [0.15, 0.2) is 88.9 Å². The number of hydrogen-bond acceptors (Lipinski definition) is 6. The van der Waals surface area contributed by atoms with Crippen LogP contribution in [-0.2, 0) is 22.8 Å². The van der Waals surface area contributed by atoms with Crippen LogP contribution in [0, 0.1) is 0 Å². The number of carbonyl (C=O) groups excluding carboxylic acids is 3. The van der Waals surface area contributed by atoms with E-state index in [1.807, 2.05) is 25.1 Å². The second-order valence-electron chi connectivity index (χ2n) is 9.63. The number of carbonyl (C=O) groups is 3. The van der Waals surface area contributed by atoms with Crippen molar-refractivity contribution in [3.8, 4) is 17.2 Å². The number of anilines is 1. The Balaban J connectivity index is 1.36. The molecule has 4 amide bonds. The molecular weight excluding hydrogens is 707 g/mol. The lowest BCUT2D eigenvalue weighted by Gasteiger charge is -2.26. The molecule has 1 heterocycles. The molecule has 4 aromatic carbocycles. The van der Waals surface area contributed by atoms with Gasteiger partial charge >= 0.3 is 6.03 Å². The number of nitrogens with zero attached hydrogens (tertiary/aromatic N) is 1. The smallest absolute Gasteiger partial charge is 0.335 e. The second-order valence-corrected chi connectivity index (χ2v) is 11.7. The maximum atomic E-state index is 13.5. The standard InChI is InChI=1S/C33H24BrCl3N2O6/c1-2-43-29-16-20(14-25(34)30(29)45-17-19-7-12-27(36)28(37)15-19)13-24-31(40)38-33(42)39(32(24)41)22-8-10-23(11-9-22)44-18-21-5-3-4-6-26(21)35/h3-16H,2,17-18H2,1H3,(H,38,40,42)/b24-13+. The molecule has 230 valence electrons. The van der Waals surface area contributed by atoms with E-state index >= 15 is 0 Å². The summed E-state index contributed by atoms with van der Waals surface area (Å²) >= 11 is 21.8. The van der Waals surface area contributed by atoms with E-state index in [2.05, 4.69) is 21.2 Å². The summed E-state index contributed by atoms with van der Waals surface area (Å²) in [5.74, 6) is -0.316. The number of urea groups is 1. The summed E-state index contributed by atoms with van der Waals surface area (Å²) in [6.07, 6.45) is 1.38. The maximum absolute atomic E-state index is 13.5. The summed E-state index contributed by atoms with van der Waals surface area (Å²) in [5.41, 5.74) is 2.07. The van der Waals surface area contributed by atoms with Gasteiger partial charge in [-0.05, 0) is 94.7 Å². The monoisotopic (exact) mass is 728 g/mol. The van der Waals surface area contributed by atoms with E-state index in [0.29, 0.717) is 49.0 Å². The zero-order chi connectivity index (χ0) is 32.1. The molecule has 1 aliphatic heterocycles. The summed E-state index contributed by atoms with van der Waals surface area (Å²) in [6.45, 7) is 2.56. The number of ether oxygens (including phenoxy) is 3. The van der Waals surface area contributed by atoms with Gasteiger partial charge in [0, 0.05) is 10.6 Å². The van der Waals surface area contributed by atoms with Gasteiger partial charge in [0.2, 0.25) is 0 Å². The van der Waals surface area contributed by atoms with E-state index in [1.165, 1.54) is 6.08 Å². The summed E-state index contributed by atoms with van der Waals surface area (Å²) in [6, 6.07) is 21.3. The van der Waals surface area contributed by atoms with Crippen molar-refractivity contribution in [3.05, 3.63) is 121 Å². The van der Waals surface area contributed by atoms with Crippen LogP contribution in [0.2, 0.25) is 15.1 Å². The third-order valence-electron chi connectivity index (χ3n) is 6.56. The first-order chi connectivity index (χ1) is 21.6. The second kappa shape index (κ2) is 14.4. The van der Waals surface area contributed by atoms with Crippen molar-refractivity contribution in [2.45, 2.75) is 20.1 Å². The molecule has 4 aromatic rings. The summed E-state index contributed by atoms with van der Waals surface area (Å²) in [7, 11) is 0. The summed E-state index contributed by atoms with van der Waals surface area (Å²) in [4.78, 5) is 39.9. The topological polar surface area (TPSA) is 94.2 Å². The fourth-order valence-corrected chi connectivity index (χ4v) is 5.47. The molecule has 0 bridgehead atoms. The molecule has 0 aliphatic carbocycles. The number of benzene rings is 4. The highest BCUT2D eigenvalue weighted by Crippen LogP contribution is 2.39. The van der Waals surface area contributed by atoms with Crippen molar-refractivity contribution >= 4 is 80.3 Å². The predicted octanol–water partition coefficient (Wildman–Crippen LogP) is 8.63. The van der Waals surface area contributed by atoms with Crippen LogP contribution in [0.25, 0.3) is 6.08 Å². The molecule has 1 fully saturated rings. The average Bonchev–Trinajstić information content (AvgIpc) is 3.01. The number of hydrogen-bond donors (Lipinski definition) is 1. The normalized spacial score (nSPS) is 14.0.